The number of rotatable bonds is 3. The van der Waals surface area contributed by atoms with Gasteiger partial charge in [0.15, 0.2) is 0 Å². The molecule has 2 amide bonds. The van der Waals surface area contributed by atoms with E-state index in [4.69, 9.17) is 5.73 Å². The van der Waals surface area contributed by atoms with Gasteiger partial charge in [0.25, 0.3) is 0 Å². The van der Waals surface area contributed by atoms with Gasteiger partial charge in [-0.1, -0.05) is 0 Å². The standard InChI is InChI=1S/C11H23N3O/c1-3-14(2)11(15)13-8-9-4-6-10(12)7-5-9/h9-10H,3-8,12H2,1-2H3,(H,13,15). The van der Waals surface area contributed by atoms with Gasteiger partial charge < -0.3 is 16.0 Å². The van der Waals surface area contributed by atoms with Crippen molar-refractivity contribution in [3.8, 4) is 0 Å². The van der Waals surface area contributed by atoms with E-state index in [-0.39, 0.29) is 6.03 Å². The number of urea groups is 1. The predicted octanol–water partition coefficient (Wildman–Crippen LogP) is 1.17. The van der Waals surface area contributed by atoms with Gasteiger partial charge in [-0.15, -0.1) is 0 Å². The highest BCUT2D eigenvalue weighted by molar-refractivity contribution is 5.73. The minimum absolute atomic E-state index is 0.0346. The molecule has 0 heterocycles. The molecule has 1 aliphatic carbocycles. The quantitative estimate of drug-likeness (QED) is 0.739. The molecular weight excluding hydrogens is 190 g/mol. The molecule has 0 radical (unpaired) electrons. The molecule has 1 saturated carbocycles. The van der Waals surface area contributed by atoms with E-state index >= 15 is 0 Å². The highest BCUT2D eigenvalue weighted by Gasteiger charge is 2.19. The van der Waals surface area contributed by atoms with E-state index in [0.717, 1.165) is 38.8 Å². The van der Waals surface area contributed by atoms with Crippen LogP contribution in [0.15, 0.2) is 0 Å². The summed E-state index contributed by atoms with van der Waals surface area (Å²) >= 11 is 0. The maximum absolute atomic E-state index is 11.5. The summed E-state index contributed by atoms with van der Waals surface area (Å²) in [6.45, 7) is 3.52. The SMILES string of the molecule is CCN(C)C(=O)NCC1CCC(N)CC1. The van der Waals surface area contributed by atoms with E-state index in [1.165, 1.54) is 0 Å². The second-order valence-corrected chi connectivity index (χ2v) is 4.48. The first-order valence-corrected chi connectivity index (χ1v) is 5.88. The second kappa shape index (κ2) is 5.95. The molecule has 0 bridgehead atoms. The molecule has 1 fully saturated rings. The summed E-state index contributed by atoms with van der Waals surface area (Å²) in [4.78, 5) is 13.2. The lowest BCUT2D eigenvalue weighted by Crippen LogP contribution is -2.40. The van der Waals surface area contributed by atoms with Crippen molar-refractivity contribution >= 4 is 6.03 Å². The molecule has 1 aliphatic rings. The number of hydrogen-bond acceptors (Lipinski definition) is 2. The maximum Gasteiger partial charge on any atom is 0.317 e. The van der Waals surface area contributed by atoms with Crippen LogP contribution < -0.4 is 11.1 Å². The zero-order valence-electron chi connectivity index (χ0n) is 9.83. The number of nitrogens with one attached hydrogen (secondary N) is 1. The molecular formula is C11H23N3O. The monoisotopic (exact) mass is 213 g/mol. The Labute approximate surface area is 92.2 Å². The molecule has 88 valence electrons. The van der Waals surface area contributed by atoms with Crippen molar-refractivity contribution in [3.63, 3.8) is 0 Å². The van der Waals surface area contributed by atoms with Crippen molar-refractivity contribution in [1.82, 2.24) is 10.2 Å². The van der Waals surface area contributed by atoms with Crippen molar-refractivity contribution in [1.29, 1.82) is 0 Å². The van der Waals surface area contributed by atoms with Gasteiger partial charge in [-0.3, -0.25) is 0 Å². The lowest BCUT2D eigenvalue weighted by Gasteiger charge is -2.27. The number of hydrogen-bond donors (Lipinski definition) is 2. The smallest absolute Gasteiger partial charge is 0.317 e. The predicted molar refractivity (Wildman–Crippen MR) is 61.6 cm³/mol. The number of amides is 2. The van der Waals surface area contributed by atoms with E-state index in [2.05, 4.69) is 5.32 Å². The third kappa shape index (κ3) is 4.08. The second-order valence-electron chi connectivity index (χ2n) is 4.48. The molecule has 1 rings (SSSR count). The number of nitrogens with two attached hydrogens (primary N) is 1. The summed E-state index contributed by atoms with van der Waals surface area (Å²) in [6.07, 6.45) is 4.50. The molecule has 0 saturated heterocycles. The van der Waals surface area contributed by atoms with Crippen molar-refractivity contribution in [2.24, 2.45) is 11.7 Å². The van der Waals surface area contributed by atoms with Crippen LogP contribution in [0.3, 0.4) is 0 Å². The van der Waals surface area contributed by atoms with E-state index < -0.39 is 0 Å². The molecule has 3 N–H and O–H groups in total. The molecule has 4 nitrogen and oxygen atoms in total. The molecule has 0 aromatic carbocycles. The fourth-order valence-electron chi connectivity index (χ4n) is 1.90. The van der Waals surface area contributed by atoms with Gasteiger partial charge in [-0.25, -0.2) is 4.79 Å². The van der Waals surface area contributed by atoms with Crippen LogP contribution >= 0.6 is 0 Å². The van der Waals surface area contributed by atoms with Crippen molar-refractivity contribution in [3.05, 3.63) is 0 Å². The Bertz CT molecular complexity index is 200. The van der Waals surface area contributed by atoms with Gasteiger partial charge in [0.05, 0.1) is 0 Å². The first kappa shape index (κ1) is 12.3. The van der Waals surface area contributed by atoms with Crippen LogP contribution in [0.25, 0.3) is 0 Å². The largest absolute Gasteiger partial charge is 0.338 e. The average molecular weight is 213 g/mol. The summed E-state index contributed by atoms with van der Waals surface area (Å²) in [7, 11) is 1.81. The van der Waals surface area contributed by atoms with E-state index in [1.54, 1.807) is 4.90 Å². The zero-order chi connectivity index (χ0) is 11.3. The Morgan fingerprint density at radius 1 is 1.40 bits per heavy atom. The van der Waals surface area contributed by atoms with E-state index in [9.17, 15) is 4.79 Å². The maximum atomic E-state index is 11.5. The fraction of sp³-hybridized carbons (Fsp3) is 0.909. The molecule has 0 unspecified atom stereocenters. The van der Waals surface area contributed by atoms with Crippen LogP contribution in [-0.4, -0.2) is 37.1 Å². The minimum Gasteiger partial charge on any atom is -0.338 e. The molecule has 0 aliphatic heterocycles. The third-order valence-corrected chi connectivity index (χ3v) is 3.25. The van der Waals surface area contributed by atoms with Gasteiger partial charge in [0, 0.05) is 26.2 Å². The van der Waals surface area contributed by atoms with Crippen LogP contribution in [0, 0.1) is 5.92 Å². The van der Waals surface area contributed by atoms with E-state index in [1.807, 2.05) is 14.0 Å². The van der Waals surface area contributed by atoms with Gasteiger partial charge in [-0.05, 0) is 38.5 Å². The Hall–Kier alpha value is -0.770. The van der Waals surface area contributed by atoms with Crippen LogP contribution in [0.1, 0.15) is 32.6 Å². The fourth-order valence-corrected chi connectivity index (χ4v) is 1.90. The van der Waals surface area contributed by atoms with Crippen LogP contribution in [0.5, 0.6) is 0 Å². The Morgan fingerprint density at radius 3 is 2.53 bits per heavy atom. The van der Waals surface area contributed by atoms with Gasteiger partial charge in [-0.2, -0.15) is 0 Å². The average Bonchev–Trinajstić information content (AvgIpc) is 2.26. The van der Waals surface area contributed by atoms with Crippen molar-refractivity contribution in [2.45, 2.75) is 38.6 Å². The first-order chi connectivity index (χ1) is 7.13. The molecule has 4 heteroatoms. The molecule has 0 spiro atoms. The number of carbonyl (C=O) groups excluding carboxylic acids is 1. The number of carbonyl (C=O) groups is 1. The van der Waals surface area contributed by atoms with E-state index in [0.29, 0.717) is 12.0 Å². The van der Waals surface area contributed by atoms with Crippen molar-refractivity contribution < 1.29 is 4.79 Å². The summed E-state index contributed by atoms with van der Waals surface area (Å²) in [5, 5.41) is 2.96. The summed E-state index contributed by atoms with van der Waals surface area (Å²) in [6, 6.07) is 0.419. The van der Waals surface area contributed by atoms with Gasteiger partial charge in [0.2, 0.25) is 0 Å². The lowest BCUT2D eigenvalue weighted by molar-refractivity contribution is 0.206. The zero-order valence-corrected chi connectivity index (χ0v) is 9.83. The van der Waals surface area contributed by atoms with Crippen LogP contribution in [0.4, 0.5) is 4.79 Å². The summed E-state index contributed by atoms with van der Waals surface area (Å²) in [5.74, 6) is 0.624. The van der Waals surface area contributed by atoms with Gasteiger partial charge >= 0.3 is 6.03 Å². The highest BCUT2D eigenvalue weighted by Crippen LogP contribution is 2.22. The Kier molecular flexibility index (Phi) is 4.88. The molecule has 0 aromatic rings. The third-order valence-electron chi connectivity index (χ3n) is 3.25. The molecule has 0 aromatic heterocycles. The lowest BCUT2D eigenvalue weighted by atomic mass is 9.86. The van der Waals surface area contributed by atoms with Crippen LogP contribution in [0.2, 0.25) is 0 Å². The summed E-state index contributed by atoms with van der Waals surface area (Å²) in [5.41, 5.74) is 5.83. The Morgan fingerprint density at radius 2 is 2.00 bits per heavy atom. The summed E-state index contributed by atoms with van der Waals surface area (Å²) < 4.78 is 0. The molecule has 0 atom stereocenters. The van der Waals surface area contributed by atoms with Crippen molar-refractivity contribution in [2.75, 3.05) is 20.1 Å². The molecule has 15 heavy (non-hydrogen) atoms. The first-order valence-electron chi connectivity index (χ1n) is 5.88. The topological polar surface area (TPSA) is 58.4 Å². The van der Waals surface area contributed by atoms with Crippen LogP contribution in [-0.2, 0) is 0 Å². The Balaban J connectivity index is 2.17. The normalized spacial score (nSPS) is 26.1. The van der Waals surface area contributed by atoms with Gasteiger partial charge in [0.1, 0.15) is 0 Å². The highest BCUT2D eigenvalue weighted by atomic mass is 16.2. The number of nitrogens with zero attached hydrogens (tertiary/aromatic N) is 1. The minimum atomic E-state index is 0.0346.